The molecule has 0 fully saturated rings. The van der Waals surface area contributed by atoms with Crippen LogP contribution in [-0.4, -0.2) is 23.7 Å². The van der Waals surface area contributed by atoms with Crippen molar-refractivity contribution in [3.8, 4) is 5.75 Å². The molecule has 2 rings (SSSR count). The molecule has 98 valence electrons. The van der Waals surface area contributed by atoms with E-state index in [-0.39, 0.29) is 0 Å². The average molecular weight is 247 g/mol. The van der Waals surface area contributed by atoms with E-state index in [0.717, 1.165) is 30.1 Å². The lowest BCUT2D eigenvalue weighted by molar-refractivity contribution is 0.415. The summed E-state index contributed by atoms with van der Waals surface area (Å²) in [7, 11) is 3.66. The molecule has 2 aromatic rings. The molecular formula is C14H21N3O. The van der Waals surface area contributed by atoms with Gasteiger partial charge in [0.2, 0.25) is 0 Å². The van der Waals surface area contributed by atoms with Crippen molar-refractivity contribution in [2.24, 2.45) is 0 Å². The topological polar surface area (TPSA) is 39.1 Å². The van der Waals surface area contributed by atoms with E-state index in [1.165, 1.54) is 5.52 Å². The monoisotopic (exact) mass is 247 g/mol. The van der Waals surface area contributed by atoms with Crippen molar-refractivity contribution in [3.05, 3.63) is 24.0 Å². The van der Waals surface area contributed by atoms with Crippen LogP contribution in [0.25, 0.3) is 11.0 Å². The summed E-state index contributed by atoms with van der Waals surface area (Å²) in [5, 5.41) is 3.32. The molecule has 0 radical (unpaired) electrons. The van der Waals surface area contributed by atoms with Crippen LogP contribution >= 0.6 is 0 Å². The first-order valence-electron chi connectivity index (χ1n) is 6.46. The zero-order chi connectivity index (χ0) is 13.1. The number of nitrogens with one attached hydrogen (secondary N) is 1. The predicted octanol–water partition coefficient (Wildman–Crippen LogP) is 2.74. The fourth-order valence-electron chi connectivity index (χ4n) is 2.37. The highest BCUT2D eigenvalue weighted by Gasteiger charge is 2.16. The van der Waals surface area contributed by atoms with Gasteiger partial charge in [0.25, 0.3) is 0 Å². The molecular weight excluding hydrogens is 226 g/mol. The van der Waals surface area contributed by atoms with Gasteiger partial charge in [-0.1, -0.05) is 6.92 Å². The van der Waals surface area contributed by atoms with Gasteiger partial charge >= 0.3 is 0 Å². The van der Waals surface area contributed by atoms with Crippen LogP contribution in [0.4, 0.5) is 0 Å². The Morgan fingerprint density at radius 1 is 1.39 bits per heavy atom. The second kappa shape index (κ2) is 5.40. The van der Waals surface area contributed by atoms with Crippen LogP contribution in [0.15, 0.2) is 18.2 Å². The van der Waals surface area contributed by atoms with Gasteiger partial charge in [-0.2, -0.15) is 0 Å². The summed E-state index contributed by atoms with van der Waals surface area (Å²) in [6.45, 7) is 5.24. The number of methoxy groups -OCH3 is 1. The molecule has 1 atom stereocenters. The molecule has 0 saturated carbocycles. The summed E-state index contributed by atoms with van der Waals surface area (Å²) in [5.74, 6) is 1.96. The third-order valence-electron chi connectivity index (χ3n) is 3.37. The van der Waals surface area contributed by atoms with E-state index in [1.54, 1.807) is 7.11 Å². The Bertz CT molecular complexity index is 529. The highest BCUT2D eigenvalue weighted by molar-refractivity contribution is 5.78. The summed E-state index contributed by atoms with van der Waals surface area (Å²) < 4.78 is 7.52. The second-order valence-corrected chi connectivity index (χ2v) is 4.32. The molecule has 4 heteroatoms. The molecule has 4 nitrogen and oxygen atoms in total. The van der Waals surface area contributed by atoms with Gasteiger partial charge in [-0.05, 0) is 32.5 Å². The van der Waals surface area contributed by atoms with Crippen LogP contribution in [0.2, 0.25) is 0 Å². The molecule has 0 spiro atoms. The lowest BCUT2D eigenvalue weighted by Crippen LogP contribution is -2.19. The number of hydrogen-bond donors (Lipinski definition) is 1. The van der Waals surface area contributed by atoms with Crippen molar-refractivity contribution < 1.29 is 4.74 Å². The standard InChI is InChI=1S/C14H21N3O/c1-5-11(15-3)14-16-12-9-10(18-4)7-8-13(12)17(14)6-2/h7-9,11,15H,5-6H2,1-4H3. The Morgan fingerprint density at radius 3 is 2.72 bits per heavy atom. The smallest absolute Gasteiger partial charge is 0.127 e. The largest absolute Gasteiger partial charge is 0.497 e. The van der Waals surface area contributed by atoms with Crippen LogP contribution in [0.3, 0.4) is 0 Å². The maximum Gasteiger partial charge on any atom is 0.127 e. The molecule has 1 heterocycles. The fourth-order valence-corrected chi connectivity index (χ4v) is 2.37. The van der Waals surface area contributed by atoms with Gasteiger partial charge in [0.1, 0.15) is 11.6 Å². The number of aryl methyl sites for hydroxylation is 1. The van der Waals surface area contributed by atoms with Gasteiger partial charge in [-0.3, -0.25) is 0 Å². The molecule has 0 aliphatic rings. The van der Waals surface area contributed by atoms with E-state index in [1.807, 2.05) is 19.2 Å². The molecule has 0 aliphatic heterocycles. The molecule has 0 aliphatic carbocycles. The number of benzene rings is 1. The van der Waals surface area contributed by atoms with Gasteiger partial charge in [0, 0.05) is 12.6 Å². The minimum Gasteiger partial charge on any atom is -0.497 e. The summed E-state index contributed by atoms with van der Waals surface area (Å²) in [6, 6.07) is 6.35. The zero-order valence-electron chi connectivity index (χ0n) is 11.5. The Morgan fingerprint density at radius 2 is 2.17 bits per heavy atom. The van der Waals surface area contributed by atoms with Crippen molar-refractivity contribution >= 4 is 11.0 Å². The minimum atomic E-state index is 0.295. The predicted molar refractivity (Wildman–Crippen MR) is 74.1 cm³/mol. The van der Waals surface area contributed by atoms with Gasteiger partial charge < -0.3 is 14.6 Å². The maximum absolute atomic E-state index is 5.25. The number of fused-ring (bicyclic) bond motifs is 1. The molecule has 18 heavy (non-hydrogen) atoms. The Balaban J connectivity index is 2.59. The number of nitrogens with zero attached hydrogens (tertiary/aromatic N) is 2. The fraction of sp³-hybridized carbons (Fsp3) is 0.500. The lowest BCUT2D eigenvalue weighted by Gasteiger charge is -2.15. The maximum atomic E-state index is 5.25. The van der Waals surface area contributed by atoms with E-state index in [0.29, 0.717) is 6.04 Å². The van der Waals surface area contributed by atoms with Crippen LogP contribution in [0, 0.1) is 0 Å². The van der Waals surface area contributed by atoms with E-state index >= 15 is 0 Å². The Labute approximate surface area is 108 Å². The van der Waals surface area contributed by atoms with E-state index in [9.17, 15) is 0 Å². The van der Waals surface area contributed by atoms with Crippen molar-refractivity contribution in [1.82, 2.24) is 14.9 Å². The number of ether oxygens (including phenoxy) is 1. The van der Waals surface area contributed by atoms with Gasteiger partial charge in [-0.15, -0.1) is 0 Å². The SMILES string of the molecule is CCC(NC)c1nc2cc(OC)ccc2n1CC. The number of aromatic nitrogens is 2. The van der Waals surface area contributed by atoms with E-state index in [4.69, 9.17) is 9.72 Å². The van der Waals surface area contributed by atoms with Crippen molar-refractivity contribution in [2.75, 3.05) is 14.2 Å². The quantitative estimate of drug-likeness (QED) is 0.883. The van der Waals surface area contributed by atoms with Crippen molar-refractivity contribution in [3.63, 3.8) is 0 Å². The van der Waals surface area contributed by atoms with Crippen molar-refractivity contribution in [1.29, 1.82) is 0 Å². The molecule has 1 N–H and O–H groups in total. The van der Waals surface area contributed by atoms with Crippen LogP contribution in [-0.2, 0) is 6.54 Å². The third kappa shape index (κ3) is 2.08. The zero-order valence-corrected chi connectivity index (χ0v) is 11.5. The van der Waals surface area contributed by atoms with E-state index < -0.39 is 0 Å². The lowest BCUT2D eigenvalue weighted by atomic mass is 10.2. The molecule has 0 amide bonds. The summed E-state index contributed by atoms with van der Waals surface area (Å²) in [4.78, 5) is 4.75. The number of imidazole rings is 1. The van der Waals surface area contributed by atoms with Crippen LogP contribution < -0.4 is 10.1 Å². The normalized spacial score (nSPS) is 12.9. The van der Waals surface area contributed by atoms with Crippen LogP contribution in [0.1, 0.15) is 32.1 Å². The molecule has 1 unspecified atom stereocenters. The third-order valence-corrected chi connectivity index (χ3v) is 3.37. The second-order valence-electron chi connectivity index (χ2n) is 4.32. The first-order chi connectivity index (χ1) is 8.74. The van der Waals surface area contributed by atoms with Crippen molar-refractivity contribution in [2.45, 2.75) is 32.9 Å². The van der Waals surface area contributed by atoms with Gasteiger partial charge in [-0.25, -0.2) is 4.98 Å². The number of rotatable bonds is 5. The minimum absolute atomic E-state index is 0.295. The first kappa shape index (κ1) is 12.9. The summed E-state index contributed by atoms with van der Waals surface area (Å²) in [5.41, 5.74) is 2.17. The Kier molecular flexibility index (Phi) is 3.87. The van der Waals surface area contributed by atoms with Crippen LogP contribution in [0.5, 0.6) is 5.75 Å². The first-order valence-corrected chi connectivity index (χ1v) is 6.46. The Hall–Kier alpha value is -1.55. The van der Waals surface area contributed by atoms with Gasteiger partial charge in [0.05, 0.1) is 24.2 Å². The summed E-state index contributed by atoms with van der Waals surface area (Å²) >= 11 is 0. The molecule has 1 aromatic carbocycles. The van der Waals surface area contributed by atoms with E-state index in [2.05, 4.69) is 29.8 Å². The molecule has 0 bridgehead atoms. The molecule has 1 aromatic heterocycles. The highest BCUT2D eigenvalue weighted by Crippen LogP contribution is 2.25. The van der Waals surface area contributed by atoms with Gasteiger partial charge in [0.15, 0.2) is 0 Å². The summed E-state index contributed by atoms with van der Waals surface area (Å²) in [6.07, 6.45) is 1.02. The number of hydrogen-bond acceptors (Lipinski definition) is 3. The molecule has 0 saturated heterocycles. The highest BCUT2D eigenvalue weighted by atomic mass is 16.5. The average Bonchev–Trinajstić information content (AvgIpc) is 2.77.